The second-order valence-corrected chi connectivity index (χ2v) is 4.60. The maximum Gasteiger partial charge on any atom is 0.238 e. The largest absolute Gasteiger partial charge is 0.496 e. The van der Waals surface area contributed by atoms with Crippen LogP contribution < -0.4 is 10.5 Å². The van der Waals surface area contributed by atoms with Crippen molar-refractivity contribution >= 4 is 5.91 Å². The number of carbonyl (C=O) groups excluding carboxylic acids is 1. The van der Waals surface area contributed by atoms with Crippen molar-refractivity contribution in [1.29, 1.82) is 0 Å². The standard InChI is InChI=1S/C14H22N2O2/c1-10-9-12(5-6-13(10)18-4)7-8-16(3)14(17)11(2)15/h5-6,9,11H,7-8,15H2,1-4H3. The molecule has 1 aromatic carbocycles. The smallest absolute Gasteiger partial charge is 0.238 e. The summed E-state index contributed by atoms with van der Waals surface area (Å²) in [5.41, 5.74) is 7.86. The normalized spacial score (nSPS) is 12.1. The molecule has 0 aliphatic heterocycles. The van der Waals surface area contributed by atoms with Gasteiger partial charge in [-0.05, 0) is 37.5 Å². The van der Waals surface area contributed by atoms with E-state index in [1.54, 1.807) is 26.0 Å². The predicted molar refractivity (Wildman–Crippen MR) is 72.7 cm³/mol. The summed E-state index contributed by atoms with van der Waals surface area (Å²) in [5.74, 6) is 0.860. The number of carbonyl (C=O) groups is 1. The van der Waals surface area contributed by atoms with E-state index in [4.69, 9.17) is 10.5 Å². The van der Waals surface area contributed by atoms with E-state index in [9.17, 15) is 4.79 Å². The molecular weight excluding hydrogens is 228 g/mol. The van der Waals surface area contributed by atoms with Gasteiger partial charge in [0.05, 0.1) is 13.2 Å². The Balaban J connectivity index is 2.59. The first-order chi connectivity index (χ1) is 8.45. The van der Waals surface area contributed by atoms with Crippen molar-refractivity contribution < 1.29 is 9.53 Å². The van der Waals surface area contributed by atoms with E-state index in [2.05, 4.69) is 6.07 Å². The van der Waals surface area contributed by atoms with Crippen molar-refractivity contribution in [2.45, 2.75) is 26.3 Å². The number of rotatable bonds is 5. The van der Waals surface area contributed by atoms with Gasteiger partial charge in [-0.25, -0.2) is 0 Å². The summed E-state index contributed by atoms with van der Waals surface area (Å²) in [6.45, 7) is 4.39. The van der Waals surface area contributed by atoms with Crippen LogP contribution in [0.2, 0.25) is 0 Å². The summed E-state index contributed by atoms with van der Waals surface area (Å²) in [4.78, 5) is 13.3. The van der Waals surface area contributed by atoms with Crippen molar-refractivity contribution in [1.82, 2.24) is 4.90 Å². The lowest BCUT2D eigenvalue weighted by Gasteiger charge is -2.19. The number of methoxy groups -OCH3 is 1. The highest BCUT2D eigenvalue weighted by atomic mass is 16.5. The summed E-state index contributed by atoms with van der Waals surface area (Å²) in [7, 11) is 3.44. The first-order valence-electron chi connectivity index (χ1n) is 6.09. The molecule has 0 saturated carbocycles. The monoisotopic (exact) mass is 250 g/mol. The Labute approximate surface area is 109 Å². The summed E-state index contributed by atoms with van der Waals surface area (Å²) in [5, 5.41) is 0. The fraction of sp³-hybridized carbons (Fsp3) is 0.500. The molecule has 1 amide bonds. The van der Waals surface area contributed by atoms with E-state index in [0.29, 0.717) is 6.54 Å². The first kappa shape index (κ1) is 14.5. The van der Waals surface area contributed by atoms with Gasteiger partial charge in [0.15, 0.2) is 0 Å². The van der Waals surface area contributed by atoms with Crippen LogP contribution in [0.25, 0.3) is 0 Å². The number of nitrogens with zero attached hydrogens (tertiary/aromatic N) is 1. The summed E-state index contributed by atoms with van der Waals surface area (Å²) >= 11 is 0. The summed E-state index contributed by atoms with van der Waals surface area (Å²) < 4.78 is 5.21. The second kappa shape index (κ2) is 6.40. The van der Waals surface area contributed by atoms with Crippen LogP contribution in [0.4, 0.5) is 0 Å². The number of benzene rings is 1. The predicted octanol–water partition coefficient (Wildman–Crippen LogP) is 1.35. The zero-order valence-corrected chi connectivity index (χ0v) is 11.6. The third-order valence-electron chi connectivity index (χ3n) is 2.96. The molecule has 1 rings (SSSR count). The lowest BCUT2D eigenvalue weighted by atomic mass is 10.1. The number of nitrogens with two attached hydrogens (primary N) is 1. The van der Waals surface area contributed by atoms with Gasteiger partial charge in [-0.3, -0.25) is 4.79 Å². The number of ether oxygens (including phenoxy) is 1. The molecule has 4 nitrogen and oxygen atoms in total. The van der Waals surface area contributed by atoms with Crippen LogP contribution in [-0.4, -0.2) is 37.6 Å². The second-order valence-electron chi connectivity index (χ2n) is 4.60. The van der Waals surface area contributed by atoms with Crippen molar-refractivity contribution in [3.8, 4) is 5.75 Å². The van der Waals surface area contributed by atoms with Gasteiger partial charge in [0.25, 0.3) is 0 Å². The summed E-state index contributed by atoms with van der Waals surface area (Å²) in [6.07, 6.45) is 0.819. The van der Waals surface area contributed by atoms with E-state index in [0.717, 1.165) is 17.7 Å². The van der Waals surface area contributed by atoms with Gasteiger partial charge in [-0.2, -0.15) is 0 Å². The maximum absolute atomic E-state index is 11.6. The zero-order valence-electron chi connectivity index (χ0n) is 11.6. The maximum atomic E-state index is 11.6. The minimum atomic E-state index is -0.437. The van der Waals surface area contributed by atoms with Gasteiger partial charge in [0.2, 0.25) is 5.91 Å². The Bertz CT molecular complexity index is 416. The number of aryl methyl sites for hydroxylation is 1. The molecule has 0 radical (unpaired) electrons. The molecule has 18 heavy (non-hydrogen) atoms. The van der Waals surface area contributed by atoms with E-state index >= 15 is 0 Å². The lowest BCUT2D eigenvalue weighted by molar-refractivity contribution is -0.130. The Morgan fingerprint density at radius 3 is 2.67 bits per heavy atom. The molecule has 0 heterocycles. The van der Waals surface area contributed by atoms with Gasteiger partial charge >= 0.3 is 0 Å². The Morgan fingerprint density at radius 2 is 2.17 bits per heavy atom. The third kappa shape index (κ3) is 3.74. The van der Waals surface area contributed by atoms with E-state index in [-0.39, 0.29) is 5.91 Å². The third-order valence-corrected chi connectivity index (χ3v) is 2.96. The highest BCUT2D eigenvalue weighted by Crippen LogP contribution is 2.18. The molecule has 0 aromatic heterocycles. The average molecular weight is 250 g/mol. The Hall–Kier alpha value is -1.55. The van der Waals surface area contributed by atoms with Crippen LogP contribution in [0.3, 0.4) is 0 Å². The van der Waals surface area contributed by atoms with Crippen molar-refractivity contribution in [2.75, 3.05) is 20.7 Å². The van der Waals surface area contributed by atoms with Gasteiger partial charge < -0.3 is 15.4 Å². The number of hydrogen-bond donors (Lipinski definition) is 1. The van der Waals surface area contributed by atoms with E-state index < -0.39 is 6.04 Å². The van der Waals surface area contributed by atoms with Crippen molar-refractivity contribution in [3.05, 3.63) is 29.3 Å². The van der Waals surface area contributed by atoms with Crippen LogP contribution >= 0.6 is 0 Å². The Kier molecular flexibility index (Phi) is 5.16. The fourth-order valence-corrected chi connectivity index (χ4v) is 1.85. The molecular formula is C14H22N2O2. The van der Waals surface area contributed by atoms with Gasteiger partial charge in [-0.1, -0.05) is 12.1 Å². The molecule has 100 valence electrons. The SMILES string of the molecule is COc1ccc(CCN(C)C(=O)C(C)N)cc1C. The molecule has 2 N–H and O–H groups in total. The quantitative estimate of drug-likeness (QED) is 0.858. The van der Waals surface area contributed by atoms with Gasteiger partial charge in [-0.15, -0.1) is 0 Å². The van der Waals surface area contributed by atoms with Crippen LogP contribution in [0.1, 0.15) is 18.1 Å². The fourth-order valence-electron chi connectivity index (χ4n) is 1.85. The molecule has 0 bridgehead atoms. The first-order valence-corrected chi connectivity index (χ1v) is 6.09. The highest BCUT2D eigenvalue weighted by molar-refractivity contribution is 5.80. The molecule has 0 spiro atoms. The van der Waals surface area contributed by atoms with Crippen LogP contribution in [0, 0.1) is 6.92 Å². The zero-order chi connectivity index (χ0) is 13.7. The van der Waals surface area contributed by atoms with Crippen LogP contribution in [0.15, 0.2) is 18.2 Å². The highest BCUT2D eigenvalue weighted by Gasteiger charge is 2.12. The molecule has 1 atom stereocenters. The van der Waals surface area contributed by atoms with Crippen LogP contribution in [-0.2, 0) is 11.2 Å². The van der Waals surface area contributed by atoms with Gasteiger partial charge in [0, 0.05) is 13.6 Å². The van der Waals surface area contributed by atoms with E-state index in [1.807, 2.05) is 19.1 Å². The molecule has 1 aromatic rings. The molecule has 0 aliphatic rings. The number of amides is 1. The topological polar surface area (TPSA) is 55.6 Å². The van der Waals surface area contributed by atoms with E-state index in [1.165, 1.54) is 5.56 Å². The lowest BCUT2D eigenvalue weighted by Crippen LogP contribution is -2.40. The molecule has 1 unspecified atom stereocenters. The Morgan fingerprint density at radius 1 is 1.50 bits per heavy atom. The molecule has 4 heteroatoms. The number of likely N-dealkylation sites (N-methyl/N-ethyl adjacent to an activating group) is 1. The summed E-state index contributed by atoms with van der Waals surface area (Å²) in [6, 6.07) is 5.63. The van der Waals surface area contributed by atoms with Crippen LogP contribution in [0.5, 0.6) is 5.75 Å². The molecule has 0 fully saturated rings. The minimum Gasteiger partial charge on any atom is -0.496 e. The molecule has 0 saturated heterocycles. The number of hydrogen-bond acceptors (Lipinski definition) is 3. The van der Waals surface area contributed by atoms with Crippen molar-refractivity contribution in [2.24, 2.45) is 5.73 Å². The van der Waals surface area contributed by atoms with Crippen molar-refractivity contribution in [3.63, 3.8) is 0 Å². The van der Waals surface area contributed by atoms with Gasteiger partial charge in [0.1, 0.15) is 5.75 Å². The molecule has 0 aliphatic carbocycles. The average Bonchev–Trinajstić information content (AvgIpc) is 2.35. The minimum absolute atomic E-state index is 0.0276.